The maximum absolute atomic E-state index is 12.1. The number of hydrogen-bond acceptors (Lipinski definition) is 5. The number of rotatable bonds is 8. The molecular weight excluding hydrogens is 282 g/mol. The fourth-order valence-electron chi connectivity index (χ4n) is 2.22. The van der Waals surface area contributed by atoms with Gasteiger partial charge >= 0.3 is 0 Å². The summed E-state index contributed by atoms with van der Waals surface area (Å²) in [6.45, 7) is 8.00. The van der Waals surface area contributed by atoms with Gasteiger partial charge in [-0.15, -0.1) is 0 Å². The first kappa shape index (κ1) is 16.4. The molecule has 0 aliphatic carbocycles. The molecule has 0 aromatic carbocycles. The lowest BCUT2D eigenvalue weighted by Gasteiger charge is -2.17. The molecule has 7 heteroatoms. The summed E-state index contributed by atoms with van der Waals surface area (Å²) >= 11 is 0. The lowest BCUT2D eigenvalue weighted by Crippen LogP contribution is -2.27. The third-order valence-corrected chi connectivity index (χ3v) is 3.55. The van der Waals surface area contributed by atoms with Crippen LogP contribution in [0.5, 0.6) is 0 Å². The molecule has 2 aromatic rings. The summed E-state index contributed by atoms with van der Waals surface area (Å²) in [7, 11) is 1.60. The summed E-state index contributed by atoms with van der Waals surface area (Å²) in [6.07, 6.45) is 5.28. The van der Waals surface area contributed by atoms with Gasteiger partial charge in [-0.2, -0.15) is 5.10 Å². The molecule has 2 aromatic heterocycles. The van der Waals surface area contributed by atoms with Gasteiger partial charge in [-0.25, -0.2) is 9.50 Å². The zero-order valence-electron chi connectivity index (χ0n) is 13.4. The molecule has 1 amide bonds. The van der Waals surface area contributed by atoms with Crippen molar-refractivity contribution in [1.29, 1.82) is 0 Å². The number of amides is 1. The smallest absolute Gasteiger partial charge is 0.256 e. The van der Waals surface area contributed by atoms with Crippen molar-refractivity contribution in [3.8, 4) is 0 Å². The van der Waals surface area contributed by atoms with Crippen LogP contribution in [0.4, 0.5) is 0 Å². The summed E-state index contributed by atoms with van der Waals surface area (Å²) in [5.41, 5.74) is 2.12. The van der Waals surface area contributed by atoms with E-state index in [0.717, 1.165) is 25.2 Å². The van der Waals surface area contributed by atoms with Crippen molar-refractivity contribution in [2.75, 3.05) is 33.4 Å². The molecule has 0 bridgehead atoms. The highest BCUT2D eigenvalue weighted by Gasteiger charge is 2.14. The van der Waals surface area contributed by atoms with Gasteiger partial charge in [0.25, 0.3) is 5.91 Å². The number of hydrogen-bond donors (Lipinski definition) is 1. The molecule has 2 heterocycles. The van der Waals surface area contributed by atoms with Crippen LogP contribution in [0.25, 0.3) is 5.65 Å². The van der Waals surface area contributed by atoms with E-state index in [9.17, 15) is 4.79 Å². The van der Waals surface area contributed by atoms with Crippen LogP contribution in [0, 0.1) is 0 Å². The van der Waals surface area contributed by atoms with E-state index in [2.05, 4.69) is 34.1 Å². The van der Waals surface area contributed by atoms with Crippen molar-refractivity contribution >= 4 is 11.6 Å². The van der Waals surface area contributed by atoms with Crippen molar-refractivity contribution in [3.05, 3.63) is 29.7 Å². The Labute approximate surface area is 130 Å². The number of fused-ring (bicyclic) bond motifs is 1. The number of ether oxygens (including phenoxy) is 1. The monoisotopic (exact) mass is 305 g/mol. The maximum Gasteiger partial charge on any atom is 0.256 e. The second-order valence-electron chi connectivity index (χ2n) is 5.00. The van der Waals surface area contributed by atoms with Crippen molar-refractivity contribution < 1.29 is 9.53 Å². The minimum atomic E-state index is -0.184. The Morgan fingerprint density at radius 2 is 2.14 bits per heavy atom. The molecule has 2 rings (SSSR count). The average molecular weight is 305 g/mol. The molecule has 120 valence electrons. The third kappa shape index (κ3) is 3.80. The van der Waals surface area contributed by atoms with Crippen LogP contribution in [0.15, 0.2) is 18.6 Å². The molecule has 0 saturated heterocycles. The average Bonchev–Trinajstić information content (AvgIpc) is 2.96. The molecule has 0 atom stereocenters. The first-order chi connectivity index (χ1) is 10.7. The molecular formula is C15H23N5O2. The number of methoxy groups -OCH3 is 1. The SMILES string of the molecule is CCN(CC)Cc1cnc2c(C(=O)NCCOC)cnn2c1. The fraction of sp³-hybridized carbons (Fsp3) is 0.533. The van der Waals surface area contributed by atoms with Gasteiger partial charge in [-0.1, -0.05) is 13.8 Å². The number of nitrogens with zero attached hydrogens (tertiary/aromatic N) is 4. The largest absolute Gasteiger partial charge is 0.383 e. The second-order valence-corrected chi connectivity index (χ2v) is 5.00. The molecule has 0 saturated carbocycles. The van der Waals surface area contributed by atoms with Gasteiger partial charge in [0.15, 0.2) is 5.65 Å². The van der Waals surface area contributed by atoms with E-state index < -0.39 is 0 Å². The lowest BCUT2D eigenvalue weighted by atomic mass is 10.3. The van der Waals surface area contributed by atoms with Crippen molar-refractivity contribution in [2.24, 2.45) is 0 Å². The normalized spacial score (nSPS) is 11.3. The standard InChI is InChI=1S/C15H23N5O2/c1-4-19(5-2)10-12-8-17-14-13(9-18-20(14)11-12)15(21)16-6-7-22-3/h8-9,11H,4-7,10H2,1-3H3,(H,16,21). The Bertz CT molecular complexity index is 621. The summed E-state index contributed by atoms with van der Waals surface area (Å²) in [6, 6.07) is 0. The highest BCUT2D eigenvalue weighted by Crippen LogP contribution is 2.10. The third-order valence-electron chi connectivity index (χ3n) is 3.55. The molecule has 0 aliphatic heterocycles. The Hall–Kier alpha value is -1.99. The van der Waals surface area contributed by atoms with Gasteiger partial charge in [0, 0.05) is 38.2 Å². The van der Waals surface area contributed by atoms with Crippen LogP contribution < -0.4 is 5.32 Å². The highest BCUT2D eigenvalue weighted by molar-refractivity contribution is 5.99. The summed E-state index contributed by atoms with van der Waals surface area (Å²) in [4.78, 5) is 18.8. The van der Waals surface area contributed by atoms with Gasteiger partial charge in [-0.3, -0.25) is 9.69 Å². The minimum Gasteiger partial charge on any atom is -0.383 e. The number of carbonyl (C=O) groups is 1. The zero-order chi connectivity index (χ0) is 15.9. The molecule has 22 heavy (non-hydrogen) atoms. The first-order valence-electron chi connectivity index (χ1n) is 7.51. The van der Waals surface area contributed by atoms with Crippen LogP contribution in [-0.2, 0) is 11.3 Å². The van der Waals surface area contributed by atoms with Crippen LogP contribution in [0.3, 0.4) is 0 Å². The van der Waals surface area contributed by atoms with Crippen molar-refractivity contribution in [2.45, 2.75) is 20.4 Å². The Morgan fingerprint density at radius 3 is 2.82 bits per heavy atom. The minimum absolute atomic E-state index is 0.184. The van der Waals surface area contributed by atoms with E-state index in [0.29, 0.717) is 24.4 Å². The molecule has 0 aliphatic rings. The van der Waals surface area contributed by atoms with Crippen LogP contribution in [-0.4, -0.2) is 58.8 Å². The summed E-state index contributed by atoms with van der Waals surface area (Å²) in [5.74, 6) is -0.184. The fourth-order valence-corrected chi connectivity index (χ4v) is 2.22. The van der Waals surface area contributed by atoms with Crippen LogP contribution in [0.2, 0.25) is 0 Å². The van der Waals surface area contributed by atoms with E-state index in [1.165, 1.54) is 0 Å². The van der Waals surface area contributed by atoms with E-state index in [-0.39, 0.29) is 5.91 Å². The summed E-state index contributed by atoms with van der Waals surface area (Å²) < 4.78 is 6.57. The van der Waals surface area contributed by atoms with Gasteiger partial charge in [-0.05, 0) is 13.1 Å². The molecule has 7 nitrogen and oxygen atoms in total. The number of nitrogens with one attached hydrogen (secondary N) is 1. The lowest BCUT2D eigenvalue weighted by molar-refractivity contribution is 0.0938. The van der Waals surface area contributed by atoms with Crippen molar-refractivity contribution in [3.63, 3.8) is 0 Å². The number of aromatic nitrogens is 3. The van der Waals surface area contributed by atoms with E-state index >= 15 is 0 Å². The number of carbonyl (C=O) groups excluding carboxylic acids is 1. The molecule has 0 radical (unpaired) electrons. The quantitative estimate of drug-likeness (QED) is 0.735. The van der Waals surface area contributed by atoms with Crippen LogP contribution >= 0.6 is 0 Å². The van der Waals surface area contributed by atoms with Crippen LogP contribution in [0.1, 0.15) is 29.8 Å². The zero-order valence-corrected chi connectivity index (χ0v) is 13.4. The summed E-state index contributed by atoms with van der Waals surface area (Å²) in [5, 5.41) is 7.01. The van der Waals surface area contributed by atoms with E-state index in [1.807, 2.05) is 6.20 Å². The van der Waals surface area contributed by atoms with Gasteiger partial charge in [0.1, 0.15) is 5.56 Å². The van der Waals surface area contributed by atoms with Gasteiger partial charge in [0.2, 0.25) is 0 Å². The van der Waals surface area contributed by atoms with Gasteiger partial charge in [0.05, 0.1) is 12.8 Å². The van der Waals surface area contributed by atoms with Gasteiger partial charge < -0.3 is 10.1 Å². The molecule has 0 spiro atoms. The Kier molecular flexibility index (Phi) is 5.85. The Morgan fingerprint density at radius 1 is 1.36 bits per heavy atom. The van der Waals surface area contributed by atoms with E-state index in [4.69, 9.17) is 4.74 Å². The Balaban J connectivity index is 2.14. The van der Waals surface area contributed by atoms with Crippen molar-refractivity contribution in [1.82, 2.24) is 24.8 Å². The predicted molar refractivity (Wildman–Crippen MR) is 83.8 cm³/mol. The predicted octanol–water partition coefficient (Wildman–Crippen LogP) is 0.947. The molecule has 0 unspecified atom stereocenters. The first-order valence-corrected chi connectivity index (χ1v) is 7.51. The highest BCUT2D eigenvalue weighted by atomic mass is 16.5. The molecule has 0 fully saturated rings. The topological polar surface area (TPSA) is 71.8 Å². The van der Waals surface area contributed by atoms with E-state index in [1.54, 1.807) is 24.0 Å². The second kappa shape index (κ2) is 7.86. The maximum atomic E-state index is 12.1. The molecule has 1 N–H and O–H groups in total.